The fourth-order valence-corrected chi connectivity index (χ4v) is 2.49. The maximum absolute atomic E-state index is 13.6. The maximum atomic E-state index is 13.6. The van der Waals surface area contributed by atoms with Gasteiger partial charge in [0.05, 0.1) is 5.02 Å². The smallest absolute Gasteiger partial charge is 0.145 e. The lowest BCUT2D eigenvalue weighted by Crippen LogP contribution is -1.88. The third-order valence-electron chi connectivity index (χ3n) is 2.22. The van der Waals surface area contributed by atoms with E-state index in [1.807, 2.05) is 0 Å². The van der Waals surface area contributed by atoms with Crippen LogP contribution < -0.4 is 0 Å². The SMILES string of the molecule is Fc1cccc(SCc2cccc(Cl)c2F)c1. The van der Waals surface area contributed by atoms with Crippen LogP contribution in [0.4, 0.5) is 8.78 Å². The van der Waals surface area contributed by atoms with Crippen molar-refractivity contribution in [1.29, 1.82) is 0 Å². The van der Waals surface area contributed by atoms with E-state index in [1.54, 1.807) is 24.3 Å². The molecule has 0 spiro atoms. The second-order valence-electron chi connectivity index (χ2n) is 3.46. The van der Waals surface area contributed by atoms with Gasteiger partial charge in [-0.25, -0.2) is 8.78 Å². The molecule has 2 aromatic carbocycles. The van der Waals surface area contributed by atoms with Crippen molar-refractivity contribution in [2.24, 2.45) is 0 Å². The van der Waals surface area contributed by atoms with Crippen molar-refractivity contribution >= 4 is 23.4 Å². The van der Waals surface area contributed by atoms with Gasteiger partial charge < -0.3 is 0 Å². The van der Waals surface area contributed by atoms with Crippen LogP contribution in [-0.4, -0.2) is 0 Å². The summed E-state index contributed by atoms with van der Waals surface area (Å²) in [5.74, 6) is -0.268. The Balaban J connectivity index is 2.10. The first-order valence-electron chi connectivity index (χ1n) is 4.98. The molecule has 0 aliphatic carbocycles. The molecule has 0 amide bonds. The molecule has 0 nitrogen and oxygen atoms in total. The molecule has 0 aliphatic rings. The van der Waals surface area contributed by atoms with Crippen LogP contribution in [0.25, 0.3) is 0 Å². The zero-order chi connectivity index (χ0) is 12.3. The lowest BCUT2D eigenvalue weighted by molar-refractivity contribution is 0.617. The van der Waals surface area contributed by atoms with Crippen LogP contribution in [0.15, 0.2) is 47.4 Å². The van der Waals surface area contributed by atoms with E-state index < -0.39 is 5.82 Å². The van der Waals surface area contributed by atoms with Crippen LogP contribution in [0.1, 0.15) is 5.56 Å². The first-order chi connectivity index (χ1) is 8.16. The van der Waals surface area contributed by atoms with E-state index in [4.69, 9.17) is 11.6 Å². The highest BCUT2D eigenvalue weighted by atomic mass is 35.5. The minimum Gasteiger partial charge on any atom is -0.207 e. The Morgan fingerprint density at radius 1 is 1.06 bits per heavy atom. The summed E-state index contributed by atoms with van der Waals surface area (Å²) in [6, 6.07) is 11.1. The zero-order valence-electron chi connectivity index (χ0n) is 8.79. The van der Waals surface area contributed by atoms with E-state index in [1.165, 1.54) is 30.0 Å². The molecule has 0 aliphatic heterocycles. The molecule has 0 N–H and O–H groups in total. The number of hydrogen-bond acceptors (Lipinski definition) is 1. The normalized spacial score (nSPS) is 10.5. The van der Waals surface area contributed by atoms with Gasteiger partial charge in [-0.05, 0) is 29.8 Å². The molecule has 0 unspecified atom stereocenters. The molecule has 0 saturated heterocycles. The van der Waals surface area contributed by atoms with Crippen LogP contribution in [0, 0.1) is 11.6 Å². The van der Waals surface area contributed by atoms with Crippen molar-refractivity contribution in [2.45, 2.75) is 10.6 Å². The molecule has 2 rings (SSSR count). The van der Waals surface area contributed by atoms with Gasteiger partial charge in [-0.2, -0.15) is 0 Å². The molecule has 0 heterocycles. The number of thioether (sulfide) groups is 1. The van der Waals surface area contributed by atoms with Crippen molar-refractivity contribution in [3.63, 3.8) is 0 Å². The predicted octanol–water partition coefficient (Wildman–Crippen LogP) is 4.91. The molecule has 88 valence electrons. The lowest BCUT2D eigenvalue weighted by atomic mass is 10.2. The second kappa shape index (κ2) is 5.52. The summed E-state index contributed by atoms with van der Waals surface area (Å²) in [7, 11) is 0. The van der Waals surface area contributed by atoms with Gasteiger partial charge in [-0.15, -0.1) is 11.8 Å². The Morgan fingerprint density at radius 2 is 1.82 bits per heavy atom. The van der Waals surface area contributed by atoms with Crippen molar-refractivity contribution in [2.75, 3.05) is 0 Å². The summed E-state index contributed by atoms with van der Waals surface area (Å²) >= 11 is 7.05. The highest BCUT2D eigenvalue weighted by molar-refractivity contribution is 7.98. The van der Waals surface area contributed by atoms with Gasteiger partial charge in [0, 0.05) is 10.6 Å². The van der Waals surface area contributed by atoms with Gasteiger partial charge in [0.2, 0.25) is 0 Å². The van der Waals surface area contributed by atoms with Crippen LogP contribution in [0.3, 0.4) is 0 Å². The topological polar surface area (TPSA) is 0 Å². The minimum absolute atomic E-state index is 0.113. The lowest BCUT2D eigenvalue weighted by Gasteiger charge is -2.04. The van der Waals surface area contributed by atoms with E-state index in [-0.39, 0.29) is 10.8 Å². The molecule has 17 heavy (non-hydrogen) atoms. The Hall–Kier alpha value is -1.06. The maximum Gasteiger partial charge on any atom is 0.145 e. The van der Waals surface area contributed by atoms with Gasteiger partial charge in [-0.1, -0.05) is 29.8 Å². The van der Waals surface area contributed by atoms with Crippen molar-refractivity contribution in [3.8, 4) is 0 Å². The highest BCUT2D eigenvalue weighted by Gasteiger charge is 2.06. The molecule has 0 bridgehead atoms. The van der Waals surface area contributed by atoms with Gasteiger partial charge in [-0.3, -0.25) is 0 Å². The number of halogens is 3. The summed E-state index contributed by atoms with van der Waals surface area (Å²) < 4.78 is 26.5. The molecule has 0 atom stereocenters. The monoisotopic (exact) mass is 270 g/mol. The fourth-order valence-electron chi connectivity index (χ4n) is 1.38. The van der Waals surface area contributed by atoms with Crippen LogP contribution >= 0.6 is 23.4 Å². The quantitative estimate of drug-likeness (QED) is 0.714. The summed E-state index contributed by atoms with van der Waals surface area (Å²) in [5.41, 5.74) is 0.520. The van der Waals surface area contributed by atoms with Crippen LogP contribution in [0.5, 0.6) is 0 Å². The largest absolute Gasteiger partial charge is 0.207 e. The first-order valence-corrected chi connectivity index (χ1v) is 6.34. The van der Waals surface area contributed by atoms with E-state index in [9.17, 15) is 8.78 Å². The van der Waals surface area contributed by atoms with E-state index in [0.717, 1.165) is 4.90 Å². The highest BCUT2D eigenvalue weighted by Crippen LogP contribution is 2.26. The predicted molar refractivity (Wildman–Crippen MR) is 67.4 cm³/mol. The molecule has 0 aromatic heterocycles. The van der Waals surface area contributed by atoms with Gasteiger partial charge >= 0.3 is 0 Å². The Kier molecular flexibility index (Phi) is 4.02. The molecule has 2 aromatic rings. The summed E-state index contributed by atoms with van der Waals surface area (Å²) in [4.78, 5) is 0.768. The first kappa shape index (κ1) is 12.4. The molecular formula is C13H9ClF2S. The summed E-state index contributed by atoms with van der Waals surface area (Å²) in [6.45, 7) is 0. The van der Waals surface area contributed by atoms with Gasteiger partial charge in [0.15, 0.2) is 0 Å². The minimum atomic E-state index is -0.405. The standard InChI is InChI=1S/C13H9ClF2S/c14-12-6-1-3-9(13(12)16)8-17-11-5-2-4-10(15)7-11/h1-7H,8H2. The van der Waals surface area contributed by atoms with Crippen LogP contribution in [-0.2, 0) is 5.75 Å². The van der Waals surface area contributed by atoms with E-state index >= 15 is 0 Å². The Labute approximate surface area is 108 Å². The fraction of sp³-hybridized carbons (Fsp3) is 0.0769. The van der Waals surface area contributed by atoms with Crippen LogP contribution in [0.2, 0.25) is 5.02 Å². The van der Waals surface area contributed by atoms with E-state index in [2.05, 4.69) is 0 Å². The third-order valence-corrected chi connectivity index (χ3v) is 3.56. The third kappa shape index (κ3) is 3.20. The molecule has 0 fully saturated rings. The molecule has 4 heteroatoms. The summed E-state index contributed by atoms with van der Waals surface area (Å²) in [5, 5.41) is 0.113. The van der Waals surface area contributed by atoms with Gasteiger partial charge in [0.25, 0.3) is 0 Å². The average Bonchev–Trinajstić information content (AvgIpc) is 2.31. The van der Waals surface area contributed by atoms with Gasteiger partial charge in [0.1, 0.15) is 11.6 Å². The number of hydrogen-bond donors (Lipinski definition) is 0. The Morgan fingerprint density at radius 3 is 2.59 bits per heavy atom. The van der Waals surface area contributed by atoms with E-state index in [0.29, 0.717) is 11.3 Å². The second-order valence-corrected chi connectivity index (χ2v) is 4.91. The van der Waals surface area contributed by atoms with Crippen molar-refractivity contribution < 1.29 is 8.78 Å². The van der Waals surface area contributed by atoms with Crippen molar-refractivity contribution in [3.05, 3.63) is 64.7 Å². The zero-order valence-corrected chi connectivity index (χ0v) is 10.4. The molecule has 0 saturated carbocycles. The number of benzene rings is 2. The number of rotatable bonds is 3. The average molecular weight is 271 g/mol. The Bertz CT molecular complexity index is 529. The molecule has 0 radical (unpaired) electrons. The molecular weight excluding hydrogens is 262 g/mol. The summed E-state index contributed by atoms with van der Waals surface area (Å²) in [6.07, 6.45) is 0. The van der Waals surface area contributed by atoms with Crippen molar-refractivity contribution in [1.82, 2.24) is 0 Å².